The molecule has 1 fully saturated rings. The first kappa shape index (κ1) is 21.6. The van der Waals surface area contributed by atoms with Gasteiger partial charge in [0.25, 0.3) is 0 Å². The van der Waals surface area contributed by atoms with Crippen LogP contribution in [0.3, 0.4) is 0 Å². The highest BCUT2D eigenvalue weighted by atomic mass is 32.1. The van der Waals surface area contributed by atoms with Crippen molar-refractivity contribution in [2.75, 3.05) is 33.8 Å². The van der Waals surface area contributed by atoms with Crippen LogP contribution in [0.4, 0.5) is 4.39 Å². The fourth-order valence-electron chi connectivity index (χ4n) is 3.61. The smallest absolute Gasteiger partial charge is 0.191 e. The standard InChI is InChI=1S/C22H31FN4OS/c1-16(18-8-11-29-15-18)13-25-22(24-2)26-19-6-9-27(10-7-19)14-17-4-5-21(28-3)20(23)12-17/h4-5,8,11-12,15-16,19H,6-7,9-10,13-14H2,1-3H3,(H2,24,25,26). The Morgan fingerprint density at radius 3 is 2.76 bits per heavy atom. The predicted octanol–water partition coefficient (Wildman–Crippen LogP) is 3.83. The summed E-state index contributed by atoms with van der Waals surface area (Å²) in [6.45, 7) is 5.81. The molecule has 1 saturated heterocycles. The Hall–Kier alpha value is -2.12. The number of rotatable bonds is 7. The molecule has 1 aromatic heterocycles. The second-order valence-corrected chi connectivity index (χ2v) is 8.35. The minimum atomic E-state index is -0.298. The third kappa shape index (κ3) is 6.18. The van der Waals surface area contributed by atoms with Crippen LogP contribution in [0.15, 0.2) is 40.0 Å². The number of thiophene rings is 1. The van der Waals surface area contributed by atoms with Crippen LogP contribution >= 0.6 is 11.3 Å². The fraction of sp³-hybridized carbons (Fsp3) is 0.500. The normalized spacial score (nSPS) is 17.2. The third-order valence-electron chi connectivity index (χ3n) is 5.46. The Labute approximate surface area is 177 Å². The van der Waals surface area contributed by atoms with Gasteiger partial charge in [0.1, 0.15) is 0 Å². The zero-order chi connectivity index (χ0) is 20.6. The summed E-state index contributed by atoms with van der Waals surface area (Å²) in [4.78, 5) is 6.75. The zero-order valence-electron chi connectivity index (χ0n) is 17.5. The van der Waals surface area contributed by atoms with Crippen molar-refractivity contribution in [3.8, 4) is 5.75 Å². The number of guanidine groups is 1. The van der Waals surface area contributed by atoms with Gasteiger partial charge in [0.05, 0.1) is 7.11 Å². The second kappa shape index (κ2) is 10.6. The number of halogens is 1. The summed E-state index contributed by atoms with van der Waals surface area (Å²) in [6.07, 6.45) is 2.08. The van der Waals surface area contributed by atoms with Crippen LogP contribution in [0.2, 0.25) is 0 Å². The second-order valence-electron chi connectivity index (χ2n) is 7.57. The van der Waals surface area contributed by atoms with Gasteiger partial charge in [-0.1, -0.05) is 13.0 Å². The molecule has 29 heavy (non-hydrogen) atoms. The Balaban J connectivity index is 1.42. The van der Waals surface area contributed by atoms with Crippen molar-refractivity contribution >= 4 is 17.3 Å². The SMILES string of the molecule is CN=C(NCC(C)c1ccsc1)NC1CCN(Cc2ccc(OC)c(F)c2)CC1. The maximum atomic E-state index is 13.9. The largest absolute Gasteiger partial charge is 0.494 e. The summed E-state index contributed by atoms with van der Waals surface area (Å²) in [5, 5.41) is 11.3. The zero-order valence-corrected chi connectivity index (χ0v) is 18.3. The van der Waals surface area contributed by atoms with Crippen molar-refractivity contribution in [2.45, 2.75) is 38.3 Å². The molecule has 0 amide bonds. The van der Waals surface area contributed by atoms with Crippen molar-refractivity contribution in [3.63, 3.8) is 0 Å². The first-order chi connectivity index (χ1) is 14.1. The molecule has 5 nitrogen and oxygen atoms in total. The van der Waals surface area contributed by atoms with Crippen molar-refractivity contribution in [3.05, 3.63) is 52.0 Å². The van der Waals surface area contributed by atoms with E-state index in [-0.39, 0.29) is 5.82 Å². The van der Waals surface area contributed by atoms with Gasteiger partial charge in [0.2, 0.25) is 0 Å². The number of likely N-dealkylation sites (tertiary alicyclic amines) is 1. The van der Waals surface area contributed by atoms with E-state index in [1.807, 2.05) is 13.1 Å². The molecule has 1 unspecified atom stereocenters. The molecule has 2 aromatic rings. The lowest BCUT2D eigenvalue weighted by Crippen LogP contribution is -2.49. The lowest BCUT2D eigenvalue weighted by atomic mass is 10.0. The van der Waals surface area contributed by atoms with Gasteiger partial charge < -0.3 is 15.4 Å². The molecule has 3 rings (SSSR count). The molecule has 2 heterocycles. The molecule has 0 spiro atoms. The number of hydrogen-bond donors (Lipinski definition) is 2. The van der Waals surface area contributed by atoms with Crippen LogP contribution in [0, 0.1) is 5.82 Å². The van der Waals surface area contributed by atoms with Crippen molar-refractivity contribution in [1.82, 2.24) is 15.5 Å². The molecule has 0 saturated carbocycles. The van der Waals surface area contributed by atoms with Crippen molar-refractivity contribution in [1.29, 1.82) is 0 Å². The van der Waals surface area contributed by atoms with E-state index in [1.165, 1.54) is 12.7 Å². The Morgan fingerprint density at radius 1 is 1.34 bits per heavy atom. The molecule has 0 aliphatic carbocycles. The van der Waals surface area contributed by atoms with Crippen molar-refractivity contribution in [2.24, 2.45) is 4.99 Å². The summed E-state index contributed by atoms with van der Waals surface area (Å²) in [6, 6.07) is 7.79. The van der Waals surface area contributed by atoms with Crippen LogP contribution in [0.1, 0.15) is 36.8 Å². The van der Waals surface area contributed by atoms with Crippen LogP contribution < -0.4 is 15.4 Å². The summed E-state index contributed by atoms with van der Waals surface area (Å²) < 4.78 is 18.9. The first-order valence-corrected chi connectivity index (χ1v) is 11.1. The topological polar surface area (TPSA) is 48.9 Å². The van der Waals surface area contributed by atoms with E-state index < -0.39 is 0 Å². The summed E-state index contributed by atoms with van der Waals surface area (Å²) in [5.41, 5.74) is 2.34. The van der Waals surface area contributed by atoms with Crippen LogP contribution in [-0.4, -0.2) is 50.7 Å². The lowest BCUT2D eigenvalue weighted by Gasteiger charge is -2.33. The molecule has 158 valence electrons. The van der Waals surface area contributed by atoms with Gasteiger partial charge in [0, 0.05) is 39.3 Å². The van der Waals surface area contributed by atoms with Gasteiger partial charge in [-0.2, -0.15) is 11.3 Å². The molecule has 1 aliphatic heterocycles. The molecule has 1 atom stereocenters. The van der Waals surface area contributed by atoms with Crippen LogP contribution in [0.25, 0.3) is 0 Å². The summed E-state index contributed by atoms with van der Waals surface area (Å²) in [5.74, 6) is 1.31. The maximum absolute atomic E-state index is 13.9. The summed E-state index contributed by atoms with van der Waals surface area (Å²) >= 11 is 1.73. The third-order valence-corrected chi connectivity index (χ3v) is 6.16. The van der Waals surface area contributed by atoms with Crippen LogP contribution in [-0.2, 0) is 6.54 Å². The average molecular weight is 419 g/mol. The molecule has 7 heteroatoms. The van der Waals surface area contributed by atoms with E-state index in [9.17, 15) is 4.39 Å². The molecule has 0 radical (unpaired) electrons. The van der Waals surface area contributed by atoms with Gasteiger partial charge in [0.15, 0.2) is 17.5 Å². The van der Waals surface area contributed by atoms with E-state index in [1.54, 1.807) is 23.5 Å². The number of aliphatic imine (C=N–C) groups is 1. The average Bonchev–Trinajstić information content (AvgIpc) is 3.27. The number of nitrogens with one attached hydrogen (secondary N) is 2. The predicted molar refractivity (Wildman–Crippen MR) is 118 cm³/mol. The molecule has 2 N–H and O–H groups in total. The Kier molecular flexibility index (Phi) is 7.89. The van der Waals surface area contributed by atoms with Gasteiger partial charge in [-0.25, -0.2) is 4.39 Å². The van der Waals surface area contributed by atoms with E-state index in [0.717, 1.165) is 50.5 Å². The Bertz CT molecular complexity index is 788. The van der Waals surface area contributed by atoms with Gasteiger partial charge >= 0.3 is 0 Å². The summed E-state index contributed by atoms with van der Waals surface area (Å²) in [7, 11) is 3.30. The highest BCUT2D eigenvalue weighted by Crippen LogP contribution is 2.20. The van der Waals surface area contributed by atoms with Crippen LogP contribution in [0.5, 0.6) is 5.75 Å². The highest BCUT2D eigenvalue weighted by molar-refractivity contribution is 7.07. The van der Waals surface area contributed by atoms with Gasteiger partial charge in [-0.15, -0.1) is 0 Å². The monoisotopic (exact) mass is 418 g/mol. The fourth-order valence-corrected chi connectivity index (χ4v) is 4.40. The molecule has 1 aromatic carbocycles. The lowest BCUT2D eigenvalue weighted by molar-refractivity contribution is 0.198. The van der Waals surface area contributed by atoms with Gasteiger partial charge in [-0.3, -0.25) is 9.89 Å². The van der Waals surface area contributed by atoms with E-state index in [2.05, 4.69) is 44.3 Å². The Morgan fingerprint density at radius 2 is 2.14 bits per heavy atom. The molecular weight excluding hydrogens is 387 g/mol. The molecule has 1 aliphatic rings. The minimum Gasteiger partial charge on any atom is -0.494 e. The first-order valence-electron chi connectivity index (χ1n) is 10.1. The molecule has 0 bridgehead atoms. The van der Waals surface area contributed by atoms with Crippen molar-refractivity contribution < 1.29 is 9.13 Å². The van der Waals surface area contributed by atoms with Gasteiger partial charge in [-0.05, 0) is 58.8 Å². The number of hydrogen-bond acceptors (Lipinski definition) is 4. The van der Waals surface area contributed by atoms with E-state index in [4.69, 9.17) is 4.74 Å². The quantitative estimate of drug-likeness (QED) is 0.530. The maximum Gasteiger partial charge on any atom is 0.191 e. The van der Waals surface area contributed by atoms with E-state index in [0.29, 0.717) is 17.7 Å². The van der Waals surface area contributed by atoms with E-state index >= 15 is 0 Å². The number of nitrogens with zero attached hydrogens (tertiary/aromatic N) is 2. The number of methoxy groups -OCH3 is 1. The molecular formula is C22H31FN4OS. The number of piperidine rings is 1. The minimum absolute atomic E-state index is 0.295. The number of benzene rings is 1. The highest BCUT2D eigenvalue weighted by Gasteiger charge is 2.20. The number of ether oxygens (including phenoxy) is 1.